The number of likely N-dealkylation sites (tertiary alicyclic amines) is 1. The highest BCUT2D eigenvalue weighted by atomic mass is 127. The molecule has 1 aromatic rings. The van der Waals surface area contributed by atoms with Crippen LogP contribution in [-0.4, -0.2) is 43.7 Å². The number of esters is 1. The van der Waals surface area contributed by atoms with E-state index in [1.165, 1.54) is 24.8 Å². The minimum atomic E-state index is -0.0394. The maximum absolute atomic E-state index is 11.9. The SMILES string of the molecule is C[N+]1(CC(=O)OCCCc2ccccc2)CCCCC1.[I-]. The number of piperidine rings is 1. The topological polar surface area (TPSA) is 26.3 Å². The third-order valence-corrected chi connectivity index (χ3v) is 4.12. The smallest absolute Gasteiger partial charge is 0.361 e. The molecular formula is C17H26INO2. The second kappa shape index (κ2) is 9.41. The molecule has 1 saturated heterocycles. The highest BCUT2D eigenvalue weighted by Gasteiger charge is 2.28. The molecule has 0 aliphatic carbocycles. The lowest BCUT2D eigenvalue weighted by Crippen LogP contribution is -3.00. The molecule has 2 rings (SSSR count). The van der Waals surface area contributed by atoms with Crippen LogP contribution < -0.4 is 24.0 Å². The van der Waals surface area contributed by atoms with E-state index in [0.717, 1.165) is 30.4 Å². The Kier molecular flexibility index (Phi) is 8.26. The minimum absolute atomic E-state index is 0. The molecule has 0 atom stereocenters. The lowest BCUT2D eigenvalue weighted by atomic mass is 10.1. The lowest BCUT2D eigenvalue weighted by Gasteiger charge is -2.36. The van der Waals surface area contributed by atoms with Crippen LogP contribution in [0.5, 0.6) is 0 Å². The number of ether oxygens (including phenoxy) is 1. The van der Waals surface area contributed by atoms with Gasteiger partial charge in [-0.25, -0.2) is 4.79 Å². The number of hydrogen-bond donors (Lipinski definition) is 0. The minimum Gasteiger partial charge on any atom is -1.00 e. The molecule has 4 heteroatoms. The molecule has 21 heavy (non-hydrogen) atoms. The molecule has 3 nitrogen and oxygen atoms in total. The summed E-state index contributed by atoms with van der Waals surface area (Å²) in [7, 11) is 2.17. The van der Waals surface area contributed by atoms with Crippen LogP contribution in [0.25, 0.3) is 0 Å². The van der Waals surface area contributed by atoms with Gasteiger partial charge in [0.05, 0.1) is 26.7 Å². The van der Waals surface area contributed by atoms with Gasteiger partial charge in [-0.2, -0.15) is 0 Å². The molecule has 1 aromatic carbocycles. The van der Waals surface area contributed by atoms with Gasteiger partial charge in [0, 0.05) is 0 Å². The van der Waals surface area contributed by atoms with Crippen LogP contribution in [0.15, 0.2) is 30.3 Å². The number of carbonyl (C=O) groups excluding carboxylic acids is 1. The zero-order chi connectivity index (χ0) is 14.3. The molecule has 0 amide bonds. The quantitative estimate of drug-likeness (QED) is 0.285. The number of hydrogen-bond acceptors (Lipinski definition) is 2. The summed E-state index contributed by atoms with van der Waals surface area (Å²) < 4.78 is 6.24. The highest BCUT2D eigenvalue weighted by molar-refractivity contribution is 5.70. The van der Waals surface area contributed by atoms with Crippen molar-refractivity contribution in [3.63, 3.8) is 0 Å². The molecule has 1 fully saturated rings. The fourth-order valence-electron chi connectivity index (χ4n) is 2.90. The van der Waals surface area contributed by atoms with Crippen molar-refractivity contribution in [3.05, 3.63) is 35.9 Å². The van der Waals surface area contributed by atoms with Gasteiger partial charge in [0.1, 0.15) is 0 Å². The monoisotopic (exact) mass is 403 g/mol. The van der Waals surface area contributed by atoms with Crippen LogP contribution in [0.4, 0.5) is 0 Å². The number of nitrogens with zero attached hydrogens (tertiary/aromatic N) is 1. The van der Waals surface area contributed by atoms with Gasteiger partial charge < -0.3 is 33.2 Å². The van der Waals surface area contributed by atoms with E-state index in [-0.39, 0.29) is 29.9 Å². The van der Waals surface area contributed by atoms with E-state index in [1.807, 2.05) is 18.2 Å². The van der Waals surface area contributed by atoms with Crippen molar-refractivity contribution in [2.45, 2.75) is 32.1 Å². The molecule has 0 spiro atoms. The summed E-state index contributed by atoms with van der Waals surface area (Å²) in [6.45, 7) is 3.29. The molecule has 0 bridgehead atoms. The Morgan fingerprint density at radius 2 is 1.81 bits per heavy atom. The Labute approximate surface area is 145 Å². The summed E-state index contributed by atoms with van der Waals surface area (Å²) in [5, 5.41) is 0. The van der Waals surface area contributed by atoms with Crippen molar-refractivity contribution >= 4 is 5.97 Å². The first-order valence-electron chi connectivity index (χ1n) is 7.71. The zero-order valence-corrected chi connectivity index (χ0v) is 15.0. The van der Waals surface area contributed by atoms with Crippen LogP contribution in [0.1, 0.15) is 31.2 Å². The first-order valence-corrected chi connectivity index (χ1v) is 7.71. The van der Waals surface area contributed by atoms with Gasteiger partial charge in [-0.1, -0.05) is 30.3 Å². The van der Waals surface area contributed by atoms with Gasteiger partial charge in [0.15, 0.2) is 6.54 Å². The Hall–Kier alpha value is -0.620. The first-order chi connectivity index (χ1) is 9.68. The number of rotatable bonds is 6. The average molecular weight is 403 g/mol. The van der Waals surface area contributed by atoms with Crippen molar-refractivity contribution in [2.75, 3.05) is 33.3 Å². The van der Waals surface area contributed by atoms with Gasteiger partial charge in [-0.15, -0.1) is 0 Å². The number of benzene rings is 1. The Bertz CT molecular complexity index is 416. The fraction of sp³-hybridized carbons (Fsp3) is 0.588. The van der Waals surface area contributed by atoms with Gasteiger partial charge in [-0.05, 0) is 37.7 Å². The van der Waals surface area contributed by atoms with Crippen LogP contribution in [0, 0.1) is 0 Å². The number of halogens is 1. The molecule has 0 radical (unpaired) electrons. The van der Waals surface area contributed by atoms with Gasteiger partial charge in [0.2, 0.25) is 0 Å². The summed E-state index contributed by atoms with van der Waals surface area (Å²) in [6, 6.07) is 10.3. The second-order valence-corrected chi connectivity index (χ2v) is 6.10. The molecule has 0 N–H and O–H groups in total. The predicted octanol–water partition coefficient (Wildman–Crippen LogP) is -0.203. The molecule has 1 aliphatic heterocycles. The van der Waals surface area contributed by atoms with Gasteiger partial charge in [-0.3, -0.25) is 0 Å². The first kappa shape index (κ1) is 18.4. The van der Waals surface area contributed by atoms with Crippen LogP contribution in [-0.2, 0) is 16.0 Å². The molecule has 0 aromatic heterocycles. The molecule has 118 valence electrons. The van der Waals surface area contributed by atoms with E-state index in [4.69, 9.17) is 4.74 Å². The third kappa shape index (κ3) is 6.78. The Morgan fingerprint density at radius 1 is 1.14 bits per heavy atom. The van der Waals surface area contributed by atoms with E-state index >= 15 is 0 Å². The van der Waals surface area contributed by atoms with E-state index in [2.05, 4.69) is 19.2 Å². The van der Waals surface area contributed by atoms with Crippen molar-refractivity contribution in [2.24, 2.45) is 0 Å². The van der Waals surface area contributed by atoms with Crippen molar-refractivity contribution < 1.29 is 38.0 Å². The predicted molar refractivity (Wildman–Crippen MR) is 80.4 cm³/mol. The largest absolute Gasteiger partial charge is 1.00 e. The maximum Gasteiger partial charge on any atom is 0.361 e. The van der Waals surface area contributed by atoms with Crippen molar-refractivity contribution in [1.29, 1.82) is 0 Å². The molecule has 1 heterocycles. The molecule has 0 unspecified atom stereocenters. The molecule has 1 aliphatic rings. The van der Waals surface area contributed by atoms with Crippen molar-refractivity contribution in [3.8, 4) is 0 Å². The number of quaternary nitrogens is 1. The number of likely N-dealkylation sites (N-methyl/N-ethyl adjacent to an activating group) is 1. The van der Waals surface area contributed by atoms with Crippen LogP contribution in [0.2, 0.25) is 0 Å². The van der Waals surface area contributed by atoms with E-state index in [1.54, 1.807) is 0 Å². The standard InChI is InChI=1S/C17H26NO2.HI/c1-18(12-6-3-7-13-18)15-17(19)20-14-8-11-16-9-4-2-5-10-16;/h2,4-5,9-10H,3,6-8,11-15H2,1H3;1H/q+1;/p-1. The zero-order valence-electron chi connectivity index (χ0n) is 12.9. The average Bonchev–Trinajstić information content (AvgIpc) is 2.45. The lowest BCUT2D eigenvalue weighted by molar-refractivity contribution is -0.907. The molecular weight excluding hydrogens is 377 g/mol. The third-order valence-electron chi connectivity index (χ3n) is 4.12. The normalized spacial score (nSPS) is 16.8. The summed E-state index contributed by atoms with van der Waals surface area (Å²) in [5.41, 5.74) is 1.30. The van der Waals surface area contributed by atoms with Crippen LogP contribution >= 0.6 is 0 Å². The van der Waals surface area contributed by atoms with Gasteiger partial charge in [0.25, 0.3) is 0 Å². The maximum atomic E-state index is 11.9. The van der Waals surface area contributed by atoms with E-state index in [0.29, 0.717) is 13.2 Å². The number of aryl methyl sites for hydroxylation is 1. The second-order valence-electron chi connectivity index (χ2n) is 6.10. The number of carbonyl (C=O) groups is 1. The Balaban J connectivity index is 0.00000220. The van der Waals surface area contributed by atoms with E-state index < -0.39 is 0 Å². The van der Waals surface area contributed by atoms with E-state index in [9.17, 15) is 4.79 Å². The summed E-state index contributed by atoms with van der Waals surface area (Å²) in [5.74, 6) is -0.0394. The fourth-order valence-corrected chi connectivity index (χ4v) is 2.90. The van der Waals surface area contributed by atoms with Gasteiger partial charge >= 0.3 is 5.97 Å². The summed E-state index contributed by atoms with van der Waals surface area (Å²) in [4.78, 5) is 11.9. The molecule has 0 saturated carbocycles. The summed E-state index contributed by atoms with van der Waals surface area (Å²) in [6.07, 6.45) is 5.65. The summed E-state index contributed by atoms with van der Waals surface area (Å²) >= 11 is 0. The van der Waals surface area contributed by atoms with Crippen LogP contribution in [0.3, 0.4) is 0 Å². The highest BCUT2D eigenvalue weighted by Crippen LogP contribution is 2.16. The Morgan fingerprint density at radius 3 is 2.48 bits per heavy atom. The van der Waals surface area contributed by atoms with Crippen molar-refractivity contribution in [1.82, 2.24) is 0 Å².